The Kier molecular flexibility index (Phi) is 4.48. The lowest BCUT2D eigenvalue weighted by atomic mass is 10.2. The number of aromatic nitrogens is 1. The highest BCUT2D eigenvalue weighted by Crippen LogP contribution is 2.28. The molecule has 1 aliphatic rings. The van der Waals surface area contributed by atoms with Gasteiger partial charge in [0.2, 0.25) is 0 Å². The van der Waals surface area contributed by atoms with Crippen LogP contribution in [0, 0.1) is 11.3 Å². The fraction of sp³-hybridized carbons (Fsp3) is 0.500. The summed E-state index contributed by atoms with van der Waals surface area (Å²) >= 11 is 0. The van der Waals surface area contributed by atoms with Crippen molar-refractivity contribution in [2.75, 3.05) is 13.2 Å². The second-order valence-corrected chi connectivity index (χ2v) is 4.60. The van der Waals surface area contributed by atoms with E-state index < -0.39 is 0 Å². The Morgan fingerprint density at radius 2 is 2.42 bits per heavy atom. The van der Waals surface area contributed by atoms with Crippen molar-refractivity contribution in [3.05, 3.63) is 29.6 Å². The quantitative estimate of drug-likeness (QED) is 0.724. The molecule has 0 spiro atoms. The van der Waals surface area contributed by atoms with E-state index in [1.54, 1.807) is 19.2 Å². The van der Waals surface area contributed by atoms with Gasteiger partial charge in [0.05, 0.1) is 13.2 Å². The Morgan fingerprint density at radius 3 is 3.05 bits per heavy atom. The summed E-state index contributed by atoms with van der Waals surface area (Å²) in [6.45, 7) is 3.18. The highest BCUT2D eigenvalue weighted by Gasteiger charge is 2.30. The summed E-state index contributed by atoms with van der Waals surface area (Å²) in [5.41, 5.74) is 1.41. The monoisotopic (exact) mass is 259 g/mol. The van der Waals surface area contributed by atoms with E-state index in [0.717, 1.165) is 18.4 Å². The summed E-state index contributed by atoms with van der Waals surface area (Å²) in [5, 5.41) is 8.83. The summed E-state index contributed by atoms with van der Waals surface area (Å²) in [4.78, 5) is 17.6. The molecule has 2 rings (SSSR count). The number of hydrogen-bond acceptors (Lipinski definition) is 5. The molecule has 0 atom stereocenters. The molecule has 0 aliphatic heterocycles. The third-order valence-electron chi connectivity index (χ3n) is 3.03. The van der Waals surface area contributed by atoms with E-state index in [2.05, 4.69) is 9.88 Å². The highest BCUT2D eigenvalue weighted by molar-refractivity contribution is 5.71. The second kappa shape index (κ2) is 6.30. The summed E-state index contributed by atoms with van der Waals surface area (Å²) in [5.74, 6) is -0.191. The summed E-state index contributed by atoms with van der Waals surface area (Å²) in [6, 6.07) is 6.13. The van der Waals surface area contributed by atoms with Gasteiger partial charge in [-0.1, -0.05) is 0 Å². The van der Waals surface area contributed by atoms with E-state index in [4.69, 9.17) is 10.00 Å². The zero-order chi connectivity index (χ0) is 13.7. The first-order valence-electron chi connectivity index (χ1n) is 6.47. The van der Waals surface area contributed by atoms with Crippen LogP contribution in [0.25, 0.3) is 0 Å². The number of carbonyl (C=O) groups excluding carboxylic acids is 1. The fourth-order valence-electron chi connectivity index (χ4n) is 1.99. The van der Waals surface area contributed by atoms with Crippen molar-refractivity contribution in [1.29, 1.82) is 5.26 Å². The normalized spacial score (nSPS) is 14.2. The van der Waals surface area contributed by atoms with Crippen LogP contribution in [0.5, 0.6) is 0 Å². The highest BCUT2D eigenvalue weighted by atomic mass is 16.5. The molecule has 0 amide bonds. The van der Waals surface area contributed by atoms with Crippen LogP contribution < -0.4 is 0 Å². The van der Waals surface area contributed by atoms with Crippen molar-refractivity contribution in [1.82, 2.24) is 9.88 Å². The van der Waals surface area contributed by atoms with Gasteiger partial charge in [-0.2, -0.15) is 5.26 Å². The largest absolute Gasteiger partial charge is 0.465 e. The van der Waals surface area contributed by atoms with E-state index >= 15 is 0 Å². The van der Waals surface area contributed by atoms with Gasteiger partial charge in [-0.05, 0) is 37.5 Å². The van der Waals surface area contributed by atoms with Gasteiger partial charge in [-0.15, -0.1) is 0 Å². The summed E-state index contributed by atoms with van der Waals surface area (Å²) in [6.07, 6.45) is 3.87. The third kappa shape index (κ3) is 4.04. The number of pyridine rings is 1. The number of carbonyl (C=O) groups is 1. The van der Waals surface area contributed by atoms with E-state index in [1.165, 1.54) is 0 Å². The molecule has 5 nitrogen and oxygen atoms in total. The van der Waals surface area contributed by atoms with Crippen molar-refractivity contribution in [3.8, 4) is 6.07 Å². The van der Waals surface area contributed by atoms with E-state index in [0.29, 0.717) is 31.4 Å². The molecule has 1 aromatic heterocycles. The van der Waals surface area contributed by atoms with Gasteiger partial charge in [0.25, 0.3) is 0 Å². The van der Waals surface area contributed by atoms with Crippen LogP contribution >= 0.6 is 0 Å². The fourth-order valence-corrected chi connectivity index (χ4v) is 1.99. The van der Waals surface area contributed by atoms with Crippen LogP contribution in [-0.4, -0.2) is 35.0 Å². The average Bonchev–Trinajstić information content (AvgIpc) is 3.23. The van der Waals surface area contributed by atoms with Crippen molar-refractivity contribution in [3.63, 3.8) is 0 Å². The minimum absolute atomic E-state index is 0.191. The zero-order valence-corrected chi connectivity index (χ0v) is 11.0. The molecular weight excluding hydrogens is 242 g/mol. The smallest absolute Gasteiger partial charge is 0.320 e. The molecule has 1 heterocycles. The van der Waals surface area contributed by atoms with Crippen LogP contribution in [-0.2, 0) is 16.1 Å². The minimum Gasteiger partial charge on any atom is -0.465 e. The SMILES string of the molecule is CCOC(=O)CN(Cc1ccnc(C#N)c1)C1CC1. The number of hydrogen-bond donors (Lipinski definition) is 0. The molecule has 0 saturated heterocycles. The molecular formula is C14H17N3O2. The Hall–Kier alpha value is -1.93. The van der Waals surface area contributed by atoms with Crippen molar-refractivity contribution < 1.29 is 9.53 Å². The van der Waals surface area contributed by atoms with E-state index in [1.807, 2.05) is 12.1 Å². The molecule has 1 fully saturated rings. The molecule has 0 N–H and O–H groups in total. The standard InChI is InChI=1S/C14H17N3O2/c1-2-19-14(18)10-17(13-3-4-13)9-11-5-6-16-12(7-11)8-15/h5-7,13H,2-4,9-10H2,1H3. The Bertz CT molecular complexity index is 492. The molecule has 1 aromatic rings. The van der Waals surface area contributed by atoms with Crippen molar-refractivity contribution in [2.24, 2.45) is 0 Å². The van der Waals surface area contributed by atoms with Crippen molar-refractivity contribution >= 4 is 5.97 Å². The number of nitriles is 1. The summed E-state index contributed by atoms with van der Waals surface area (Å²) < 4.78 is 4.99. The Balaban J connectivity index is 2.00. The number of nitrogens with zero attached hydrogens (tertiary/aromatic N) is 3. The first-order chi connectivity index (χ1) is 9.22. The average molecular weight is 259 g/mol. The zero-order valence-electron chi connectivity index (χ0n) is 11.0. The molecule has 0 radical (unpaired) electrons. The molecule has 0 aromatic carbocycles. The van der Waals surface area contributed by atoms with Crippen LogP contribution in [0.1, 0.15) is 31.0 Å². The maximum Gasteiger partial charge on any atom is 0.320 e. The van der Waals surface area contributed by atoms with Gasteiger partial charge in [0.15, 0.2) is 0 Å². The first-order valence-corrected chi connectivity index (χ1v) is 6.47. The molecule has 19 heavy (non-hydrogen) atoms. The van der Waals surface area contributed by atoms with Gasteiger partial charge in [0, 0.05) is 18.8 Å². The third-order valence-corrected chi connectivity index (χ3v) is 3.03. The predicted octanol–water partition coefficient (Wildman–Crippen LogP) is 1.48. The van der Waals surface area contributed by atoms with Crippen LogP contribution in [0.15, 0.2) is 18.3 Å². The Labute approximate surface area is 112 Å². The lowest BCUT2D eigenvalue weighted by Crippen LogP contribution is -2.32. The van der Waals surface area contributed by atoms with Gasteiger partial charge in [-0.25, -0.2) is 4.98 Å². The maximum absolute atomic E-state index is 11.6. The number of ether oxygens (including phenoxy) is 1. The molecule has 1 saturated carbocycles. The summed E-state index contributed by atoms with van der Waals surface area (Å²) in [7, 11) is 0. The molecule has 100 valence electrons. The lowest BCUT2D eigenvalue weighted by molar-refractivity contribution is -0.144. The van der Waals surface area contributed by atoms with Crippen LogP contribution in [0.4, 0.5) is 0 Å². The lowest BCUT2D eigenvalue weighted by Gasteiger charge is -2.20. The Morgan fingerprint density at radius 1 is 1.63 bits per heavy atom. The van der Waals surface area contributed by atoms with Gasteiger partial charge in [-0.3, -0.25) is 9.69 Å². The molecule has 0 bridgehead atoms. The molecule has 1 aliphatic carbocycles. The van der Waals surface area contributed by atoms with Gasteiger partial charge < -0.3 is 4.74 Å². The van der Waals surface area contributed by atoms with Crippen LogP contribution in [0.2, 0.25) is 0 Å². The van der Waals surface area contributed by atoms with Crippen molar-refractivity contribution in [2.45, 2.75) is 32.4 Å². The topological polar surface area (TPSA) is 66.2 Å². The second-order valence-electron chi connectivity index (χ2n) is 4.60. The van der Waals surface area contributed by atoms with E-state index in [9.17, 15) is 4.79 Å². The predicted molar refractivity (Wildman–Crippen MR) is 69.0 cm³/mol. The van der Waals surface area contributed by atoms with Gasteiger partial charge in [0.1, 0.15) is 11.8 Å². The number of esters is 1. The number of rotatable bonds is 6. The minimum atomic E-state index is -0.191. The van der Waals surface area contributed by atoms with Gasteiger partial charge >= 0.3 is 5.97 Å². The molecule has 5 heteroatoms. The first kappa shape index (κ1) is 13.5. The van der Waals surface area contributed by atoms with E-state index in [-0.39, 0.29) is 5.97 Å². The molecule has 0 unspecified atom stereocenters. The maximum atomic E-state index is 11.6. The van der Waals surface area contributed by atoms with Crippen LogP contribution in [0.3, 0.4) is 0 Å².